The van der Waals surface area contributed by atoms with Crippen LogP contribution < -0.4 is 32.8 Å². The van der Waals surface area contributed by atoms with Crippen molar-refractivity contribution in [1.29, 1.82) is 0 Å². The normalized spacial score (nSPS) is 28.9. The second-order valence-electron chi connectivity index (χ2n) is 5.94. The summed E-state index contributed by atoms with van der Waals surface area (Å²) >= 11 is 0. The Balaban J connectivity index is 1.56. The Morgan fingerprint density at radius 3 is 2.64 bits per heavy atom. The lowest BCUT2D eigenvalue weighted by molar-refractivity contribution is -0.123. The minimum Gasteiger partial charge on any atom is -0.355 e. The molecule has 2 aliphatic rings. The van der Waals surface area contributed by atoms with Gasteiger partial charge in [-0.1, -0.05) is 30.3 Å². The fraction of sp³-hybridized carbons (Fsp3) is 0.533. The molecule has 0 aliphatic carbocycles. The molecule has 22 heavy (non-hydrogen) atoms. The molecule has 7 nitrogen and oxygen atoms in total. The highest BCUT2D eigenvalue weighted by atomic mass is 16.2. The highest BCUT2D eigenvalue weighted by molar-refractivity contribution is 5.83. The van der Waals surface area contributed by atoms with Crippen molar-refractivity contribution in [3.8, 4) is 0 Å². The fourth-order valence-electron chi connectivity index (χ4n) is 3.10. The number of amides is 1. The van der Waals surface area contributed by atoms with Gasteiger partial charge in [0.05, 0.1) is 6.17 Å². The molecular weight excluding hydrogens is 280 g/mol. The van der Waals surface area contributed by atoms with Crippen LogP contribution in [0.1, 0.15) is 17.9 Å². The molecule has 1 aromatic rings. The van der Waals surface area contributed by atoms with Crippen LogP contribution in [0.25, 0.3) is 0 Å². The van der Waals surface area contributed by atoms with Crippen LogP contribution in [0.3, 0.4) is 0 Å². The van der Waals surface area contributed by atoms with E-state index in [2.05, 4.69) is 27.0 Å². The van der Waals surface area contributed by atoms with Crippen molar-refractivity contribution < 1.29 is 4.79 Å². The highest BCUT2D eigenvalue weighted by Gasteiger charge is 2.39. The van der Waals surface area contributed by atoms with Crippen molar-refractivity contribution in [3.63, 3.8) is 0 Å². The maximum atomic E-state index is 12.4. The third-order valence-corrected chi connectivity index (χ3v) is 4.38. The minimum atomic E-state index is -0.350. The first-order valence-electron chi connectivity index (χ1n) is 7.80. The second-order valence-corrected chi connectivity index (χ2v) is 5.94. The zero-order chi connectivity index (χ0) is 15.4. The first-order valence-corrected chi connectivity index (χ1v) is 7.80. The molecule has 0 saturated carbocycles. The van der Waals surface area contributed by atoms with Crippen LogP contribution in [0.4, 0.5) is 0 Å². The van der Waals surface area contributed by atoms with E-state index in [1.807, 2.05) is 30.3 Å². The molecule has 3 atom stereocenters. The molecule has 7 heteroatoms. The Kier molecular flexibility index (Phi) is 5.01. The third kappa shape index (κ3) is 3.45. The number of hydrogen-bond donors (Lipinski definition) is 6. The van der Waals surface area contributed by atoms with Crippen molar-refractivity contribution in [2.24, 2.45) is 11.7 Å². The van der Waals surface area contributed by atoms with Crippen molar-refractivity contribution >= 4 is 5.91 Å². The summed E-state index contributed by atoms with van der Waals surface area (Å²) in [7, 11) is 0. The molecule has 0 aromatic heterocycles. The molecule has 3 unspecified atom stereocenters. The summed E-state index contributed by atoms with van der Waals surface area (Å²) in [5, 5.41) is 3.02. The molecule has 0 radical (unpaired) electrons. The SMILES string of the molecule is NC1NNC(C(=O)NCCC2CNNC2)C1c1ccccc1. The third-order valence-electron chi connectivity index (χ3n) is 4.38. The Morgan fingerprint density at radius 1 is 1.18 bits per heavy atom. The number of benzene rings is 1. The zero-order valence-corrected chi connectivity index (χ0v) is 12.5. The Morgan fingerprint density at radius 2 is 1.91 bits per heavy atom. The molecule has 0 spiro atoms. The van der Waals surface area contributed by atoms with E-state index in [4.69, 9.17) is 5.73 Å². The van der Waals surface area contributed by atoms with Gasteiger partial charge >= 0.3 is 0 Å². The first kappa shape index (κ1) is 15.4. The summed E-state index contributed by atoms with van der Waals surface area (Å²) in [5.41, 5.74) is 19.4. The van der Waals surface area contributed by atoms with E-state index in [1.165, 1.54) is 0 Å². The van der Waals surface area contributed by atoms with E-state index < -0.39 is 0 Å². The van der Waals surface area contributed by atoms with Gasteiger partial charge in [-0.3, -0.25) is 15.6 Å². The van der Waals surface area contributed by atoms with E-state index >= 15 is 0 Å². The molecule has 1 aromatic carbocycles. The van der Waals surface area contributed by atoms with Crippen LogP contribution in [0.15, 0.2) is 30.3 Å². The van der Waals surface area contributed by atoms with Crippen LogP contribution in [-0.2, 0) is 4.79 Å². The average Bonchev–Trinajstić information content (AvgIpc) is 3.17. The molecule has 2 fully saturated rings. The largest absolute Gasteiger partial charge is 0.355 e. The number of hydrazine groups is 2. The van der Waals surface area contributed by atoms with Gasteiger partial charge < -0.3 is 11.1 Å². The van der Waals surface area contributed by atoms with Gasteiger partial charge in [0.15, 0.2) is 0 Å². The van der Waals surface area contributed by atoms with E-state index in [0.717, 1.165) is 25.1 Å². The lowest BCUT2D eigenvalue weighted by atomic mass is 9.90. The van der Waals surface area contributed by atoms with Crippen LogP contribution in [0.5, 0.6) is 0 Å². The molecule has 3 rings (SSSR count). The summed E-state index contributed by atoms with van der Waals surface area (Å²) in [6.07, 6.45) is 0.690. The van der Waals surface area contributed by atoms with Gasteiger partial charge in [0.1, 0.15) is 6.04 Å². The summed E-state index contributed by atoms with van der Waals surface area (Å²) in [4.78, 5) is 12.4. The maximum Gasteiger partial charge on any atom is 0.239 e. The van der Waals surface area contributed by atoms with Gasteiger partial charge in [0, 0.05) is 25.6 Å². The lowest BCUT2D eigenvalue weighted by Gasteiger charge is -2.21. The summed E-state index contributed by atoms with van der Waals surface area (Å²) in [6, 6.07) is 9.57. The van der Waals surface area contributed by atoms with Gasteiger partial charge in [-0.15, -0.1) is 0 Å². The van der Waals surface area contributed by atoms with Gasteiger partial charge in [0.2, 0.25) is 5.91 Å². The van der Waals surface area contributed by atoms with Gasteiger partial charge in [-0.2, -0.15) is 0 Å². The van der Waals surface area contributed by atoms with Crippen molar-refractivity contribution in [2.45, 2.75) is 24.5 Å². The Labute approximate surface area is 130 Å². The number of nitrogens with one attached hydrogen (secondary N) is 5. The van der Waals surface area contributed by atoms with Gasteiger partial charge in [-0.05, 0) is 17.9 Å². The van der Waals surface area contributed by atoms with Crippen LogP contribution in [0.2, 0.25) is 0 Å². The number of hydrogen-bond acceptors (Lipinski definition) is 6. The Bertz CT molecular complexity index is 490. The number of carbonyl (C=O) groups excluding carboxylic acids is 1. The molecular formula is C15H24N6O. The standard InChI is InChI=1S/C15H24N6O/c16-14-12(11-4-2-1-3-5-11)13(20-21-14)15(22)17-7-6-10-8-18-19-9-10/h1-5,10,12-14,18-21H,6-9,16H2,(H,17,22). The molecule has 2 aliphatic heterocycles. The van der Waals surface area contributed by atoms with Gasteiger partial charge in [-0.25, -0.2) is 10.9 Å². The molecule has 0 bridgehead atoms. The first-order chi connectivity index (χ1) is 10.8. The summed E-state index contributed by atoms with van der Waals surface area (Å²) in [6.45, 7) is 2.59. The van der Waals surface area contributed by atoms with Crippen molar-refractivity contribution in [3.05, 3.63) is 35.9 Å². The number of rotatable bonds is 5. The molecule has 2 saturated heterocycles. The minimum absolute atomic E-state index is 0.00628. The topological polar surface area (TPSA) is 103 Å². The monoisotopic (exact) mass is 304 g/mol. The summed E-state index contributed by atoms with van der Waals surface area (Å²) < 4.78 is 0. The maximum absolute atomic E-state index is 12.4. The average molecular weight is 304 g/mol. The van der Waals surface area contributed by atoms with E-state index in [-0.39, 0.29) is 24.0 Å². The smallest absolute Gasteiger partial charge is 0.239 e. The van der Waals surface area contributed by atoms with E-state index in [0.29, 0.717) is 12.5 Å². The van der Waals surface area contributed by atoms with E-state index in [1.54, 1.807) is 0 Å². The quantitative estimate of drug-likeness (QED) is 0.407. The van der Waals surface area contributed by atoms with E-state index in [9.17, 15) is 4.79 Å². The predicted octanol–water partition coefficient (Wildman–Crippen LogP) is -1.24. The molecule has 2 heterocycles. The number of nitrogens with two attached hydrogens (primary N) is 1. The second kappa shape index (κ2) is 7.17. The molecule has 120 valence electrons. The predicted molar refractivity (Wildman–Crippen MR) is 84.3 cm³/mol. The molecule has 7 N–H and O–H groups in total. The summed E-state index contributed by atoms with van der Waals surface area (Å²) in [5.74, 6) is 0.492. The fourth-order valence-corrected chi connectivity index (χ4v) is 3.10. The zero-order valence-electron chi connectivity index (χ0n) is 12.5. The Hall–Kier alpha value is -1.51. The van der Waals surface area contributed by atoms with Crippen LogP contribution >= 0.6 is 0 Å². The highest BCUT2D eigenvalue weighted by Crippen LogP contribution is 2.25. The molecule has 1 amide bonds. The van der Waals surface area contributed by atoms with Crippen LogP contribution in [-0.4, -0.2) is 37.7 Å². The van der Waals surface area contributed by atoms with Gasteiger partial charge in [0.25, 0.3) is 0 Å². The number of carbonyl (C=O) groups is 1. The lowest BCUT2D eigenvalue weighted by Crippen LogP contribution is -2.45. The van der Waals surface area contributed by atoms with Crippen molar-refractivity contribution in [1.82, 2.24) is 27.0 Å². The van der Waals surface area contributed by atoms with Crippen molar-refractivity contribution in [2.75, 3.05) is 19.6 Å². The van der Waals surface area contributed by atoms with Crippen LogP contribution in [0, 0.1) is 5.92 Å².